The van der Waals surface area contributed by atoms with Crippen molar-refractivity contribution in [3.05, 3.63) is 59.7 Å². The summed E-state index contributed by atoms with van der Waals surface area (Å²) >= 11 is 0. The van der Waals surface area contributed by atoms with Crippen molar-refractivity contribution in [2.75, 3.05) is 26.9 Å². The Labute approximate surface area is 190 Å². The molecule has 0 fully saturated rings. The van der Waals surface area contributed by atoms with Gasteiger partial charge in [-0.15, -0.1) is 0 Å². The zero-order valence-corrected chi connectivity index (χ0v) is 19.4. The van der Waals surface area contributed by atoms with Crippen LogP contribution in [0.1, 0.15) is 31.9 Å². The van der Waals surface area contributed by atoms with E-state index in [1.807, 2.05) is 42.5 Å². The predicted octanol–water partition coefficient (Wildman–Crippen LogP) is 2.89. The van der Waals surface area contributed by atoms with Crippen LogP contribution in [0.2, 0.25) is 0 Å². The molecule has 0 aliphatic heterocycles. The molecule has 0 spiro atoms. The van der Waals surface area contributed by atoms with Crippen molar-refractivity contribution >= 4 is 11.9 Å². The van der Waals surface area contributed by atoms with Crippen LogP contribution in [0.5, 0.6) is 11.5 Å². The molecule has 0 saturated heterocycles. The molecule has 3 N–H and O–H groups in total. The second-order valence-corrected chi connectivity index (χ2v) is 8.57. The van der Waals surface area contributed by atoms with E-state index >= 15 is 0 Å². The Kier molecular flexibility index (Phi) is 9.53. The SMILES string of the molecule is COc1c(CC(=O)N[C@H](COC(=O)C(C)(C)C)Cc2ccccc2)cccc1OCCN. The second-order valence-electron chi connectivity index (χ2n) is 8.57. The number of esters is 1. The van der Waals surface area contributed by atoms with Crippen LogP contribution in [0, 0.1) is 5.41 Å². The number of methoxy groups -OCH3 is 1. The van der Waals surface area contributed by atoms with Gasteiger partial charge in [0.1, 0.15) is 13.2 Å². The van der Waals surface area contributed by atoms with E-state index in [0.717, 1.165) is 5.56 Å². The first-order valence-electron chi connectivity index (χ1n) is 10.7. The molecule has 0 aromatic heterocycles. The average Bonchev–Trinajstić information content (AvgIpc) is 2.75. The highest BCUT2D eigenvalue weighted by Gasteiger charge is 2.25. The number of nitrogens with two attached hydrogens (primary N) is 1. The van der Waals surface area contributed by atoms with E-state index in [0.29, 0.717) is 36.6 Å². The van der Waals surface area contributed by atoms with E-state index in [2.05, 4.69) is 5.32 Å². The molecule has 7 nitrogen and oxygen atoms in total. The van der Waals surface area contributed by atoms with Crippen LogP contribution >= 0.6 is 0 Å². The molecule has 1 amide bonds. The Morgan fingerprint density at radius 2 is 1.78 bits per heavy atom. The van der Waals surface area contributed by atoms with Crippen molar-refractivity contribution in [2.24, 2.45) is 11.1 Å². The minimum atomic E-state index is -0.612. The number of hydrogen-bond acceptors (Lipinski definition) is 6. The van der Waals surface area contributed by atoms with Crippen LogP contribution in [0.4, 0.5) is 0 Å². The summed E-state index contributed by atoms with van der Waals surface area (Å²) in [6, 6.07) is 14.8. The number of amides is 1. The second kappa shape index (κ2) is 12.1. The van der Waals surface area contributed by atoms with E-state index < -0.39 is 5.41 Å². The minimum Gasteiger partial charge on any atom is -0.493 e. The molecule has 0 radical (unpaired) electrons. The summed E-state index contributed by atoms with van der Waals surface area (Å²) in [5.41, 5.74) is 6.64. The first kappa shape index (κ1) is 25.2. The van der Waals surface area contributed by atoms with Crippen LogP contribution in [0.3, 0.4) is 0 Å². The summed E-state index contributed by atoms with van der Waals surface area (Å²) in [5, 5.41) is 3.00. The highest BCUT2D eigenvalue weighted by atomic mass is 16.5. The third kappa shape index (κ3) is 7.89. The van der Waals surface area contributed by atoms with E-state index in [1.165, 1.54) is 7.11 Å². The van der Waals surface area contributed by atoms with Gasteiger partial charge in [-0.2, -0.15) is 0 Å². The minimum absolute atomic E-state index is 0.0908. The van der Waals surface area contributed by atoms with Gasteiger partial charge in [0.15, 0.2) is 11.5 Å². The highest BCUT2D eigenvalue weighted by molar-refractivity contribution is 5.80. The molecule has 7 heteroatoms. The molecule has 0 unspecified atom stereocenters. The zero-order chi connectivity index (χ0) is 23.6. The molecule has 0 heterocycles. The first-order valence-corrected chi connectivity index (χ1v) is 10.7. The maximum absolute atomic E-state index is 12.9. The maximum atomic E-state index is 12.9. The monoisotopic (exact) mass is 442 g/mol. The molecular formula is C25H34N2O5. The average molecular weight is 443 g/mol. The zero-order valence-electron chi connectivity index (χ0n) is 19.4. The lowest BCUT2D eigenvalue weighted by atomic mass is 9.97. The Morgan fingerprint density at radius 3 is 2.41 bits per heavy atom. The van der Waals surface area contributed by atoms with E-state index in [1.54, 1.807) is 26.8 Å². The molecule has 0 aliphatic carbocycles. The fourth-order valence-electron chi connectivity index (χ4n) is 3.11. The van der Waals surface area contributed by atoms with Gasteiger partial charge in [0.25, 0.3) is 0 Å². The summed E-state index contributed by atoms with van der Waals surface area (Å²) in [5.74, 6) is 0.543. The lowest BCUT2D eigenvalue weighted by molar-refractivity contribution is -0.154. The van der Waals surface area contributed by atoms with E-state index in [4.69, 9.17) is 19.9 Å². The van der Waals surface area contributed by atoms with Crippen molar-refractivity contribution < 1.29 is 23.8 Å². The van der Waals surface area contributed by atoms with Gasteiger partial charge in [0.05, 0.1) is 25.0 Å². The molecule has 32 heavy (non-hydrogen) atoms. The van der Waals surface area contributed by atoms with Crippen molar-refractivity contribution in [3.8, 4) is 11.5 Å². The standard InChI is InChI=1S/C25H34N2O5/c1-25(2,3)24(29)32-17-20(15-18-9-6-5-7-10-18)27-22(28)16-19-11-8-12-21(23(19)30-4)31-14-13-26/h5-12,20H,13-17,26H2,1-4H3,(H,27,28)/t20-/m0/s1. The quantitative estimate of drug-likeness (QED) is 0.519. The van der Waals surface area contributed by atoms with Gasteiger partial charge in [-0.1, -0.05) is 42.5 Å². The van der Waals surface area contributed by atoms with Gasteiger partial charge < -0.3 is 25.3 Å². The number of carbonyl (C=O) groups is 2. The molecule has 0 bridgehead atoms. The molecule has 2 aromatic carbocycles. The van der Waals surface area contributed by atoms with Crippen molar-refractivity contribution in [1.82, 2.24) is 5.32 Å². The van der Waals surface area contributed by atoms with Gasteiger partial charge in [-0.3, -0.25) is 9.59 Å². The number of nitrogens with one attached hydrogen (secondary N) is 1. The molecule has 174 valence electrons. The van der Waals surface area contributed by atoms with Crippen LogP contribution in [-0.4, -0.2) is 44.8 Å². The maximum Gasteiger partial charge on any atom is 0.311 e. The van der Waals surface area contributed by atoms with Gasteiger partial charge in [0.2, 0.25) is 5.91 Å². The highest BCUT2D eigenvalue weighted by Crippen LogP contribution is 2.31. The van der Waals surface area contributed by atoms with Crippen molar-refractivity contribution in [2.45, 2.75) is 39.7 Å². The third-order valence-electron chi connectivity index (χ3n) is 4.71. The Bertz CT molecular complexity index is 878. The van der Waals surface area contributed by atoms with Crippen LogP contribution < -0.4 is 20.5 Å². The van der Waals surface area contributed by atoms with Crippen LogP contribution in [0.25, 0.3) is 0 Å². The van der Waals surface area contributed by atoms with Crippen LogP contribution in [0.15, 0.2) is 48.5 Å². The van der Waals surface area contributed by atoms with Gasteiger partial charge in [0, 0.05) is 12.1 Å². The fraction of sp³-hybridized carbons (Fsp3) is 0.440. The normalized spacial score (nSPS) is 12.0. The topological polar surface area (TPSA) is 99.9 Å². The third-order valence-corrected chi connectivity index (χ3v) is 4.71. The summed E-state index contributed by atoms with van der Waals surface area (Å²) in [6.07, 6.45) is 0.641. The molecule has 1 atom stereocenters. The van der Waals surface area contributed by atoms with E-state index in [9.17, 15) is 9.59 Å². The number of para-hydroxylation sites is 1. The number of benzene rings is 2. The number of carbonyl (C=O) groups excluding carboxylic acids is 2. The Balaban J connectivity index is 2.11. The number of ether oxygens (including phenoxy) is 3. The van der Waals surface area contributed by atoms with Gasteiger partial charge in [-0.25, -0.2) is 0 Å². The fourth-order valence-corrected chi connectivity index (χ4v) is 3.11. The summed E-state index contributed by atoms with van der Waals surface area (Å²) in [4.78, 5) is 25.1. The van der Waals surface area contributed by atoms with Gasteiger partial charge >= 0.3 is 5.97 Å². The van der Waals surface area contributed by atoms with Crippen LogP contribution in [-0.2, 0) is 27.2 Å². The Hall–Kier alpha value is -3.06. The van der Waals surface area contributed by atoms with Gasteiger partial charge in [-0.05, 0) is 38.8 Å². The molecular weight excluding hydrogens is 408 g/mol. The predicted molar refractivity (Wildman–Crippen MR) is 124 cm³/mol. The summed E-state index contributed by atoms with van der Waals surface area (Å²) in [7, 11) is 1.54. The first-order chi connectivity index (χ1) is 15.2. The molecule has 2 aromatic rings. The smallest absolute Gasteiger partial charge is 0.311 e. The van der Waals surface area contributed by atoms with E-state index in [-0.39, 0.29) is 30.9 Å². The Morgan fingerprint density at radius 1 is 1.06 bits per heavy atom. The summed E-state index contributed by atoms with van der Waals surface area (Å²) < 4.78 is 16.6. The molecule has 0 aliphatic rings. The number of rotatable bonds is 11. The lowest BCUT2D eigenvalue weighted by Crippen LogP contribution is -2.42. The molecule has 2 rings (SSSR count). The lowest BCUT2D eigenvalue weighted by Gasteiger charge is -2.22. The van der Waals surface area contributed by atoms with Crippen molar-refractivity contribution in [1.29, 1.82) is 0 Å². The molecule has 0 saturated carbocycles. The largest absolute Gasteiger partial charge is 0.493 e. The number of hydrogen-bond donors (Lipinski definition) is 2. The summed E-state index contributed by atoms with van der Waals surface area (Å²) in [6.45, 7) is 6.21. The van der Waals surface area contributed by atoms with Crippen molar-refractivity contribution in [3.63, 3.8) is 0 Å².